The molecule has 0 amide bonds. The monoisotopic (exact) mass is 400 g/mol. The summed E-state index contributed by atoms with van der Waals surface area (Å²) < 4.78 is 0. The molecular weight excluding hydrogens is 372 g/mol. The third-order valence-electron chi connectivity index (χ3n) is 6.42. The Kier molecular flexibility index (Phi) is 5.17. The number of fused-ring (bicyclic) bond motifs is 2. The minimum absolute atomic E-state index is 0.194. The van der Waals surface area contributed by atoms with Crippen LogP contribution >= 0.6 is 0 Å². The zero-order chi connectivity index (χ0) is 20.4. The van der Waals surface area contributed by atoms with Gasteiger partial charge in [0.2, 0.25) is 5.95 Å². The van der Waals surface area contributed by atoms with Crippen molar-refractivity contribution in [1.82, 2.24) is 24.8 Å². The summed E-state index contributed by atoms with van der Waals surface area (Å²) in [4.78, 5) is 20.9. The van der Waals surface area contributed by atoms with E-state index in [0.29, 0.717) is 5.95 Å². The van der Waals surface area contributed by atoms with Crippen LogP contribution in [0.2, 0.25) is 0 Å². The Balaban J connectivity index is 1.23. The summed E-state index contributed by atoms with van der Waals surface area (Å²) in [6, 6.07) is 10.3. The quantitative estimate of drug-likeness (QED) is 0.705. The molecule has 2 aliphatic rings. The lowest BCUT2D eigenvalue weighted by Gasteiger charge is -2.40. The SMILES string of the molecule is Cc1ncc2c(n1)C1(CCCN(Cc3cnc(NCc4ccccc4)nc3)C1)CC2. The smallest absolute Gasteiger partial charge is 0.222 e. The molecule has 30 heavy (non-hydrogen) atoms. The number of aromatic nitrogens is 4. The maximum absolute atomic E-state index is 4.86. The van der Waals surface area contributed by atoms with E-state index in [2.05, 4.69) is 37.3 Å². The summed E-state index contributed by atoms with van der Waals surface area (Å²) in [6.45, 7) is 5.80. The molecule has 1 fully saturated rings. The summed E-state index contributed by atoms with van der Waals surface area (Å²) in [6.07, 6.45) is 10.7. The lowest BCUT2D eigenvalue weighted by Crippen LogP contribution is -2.45. The first-order valence-corrected chi connectivity index (χ1v) is 10.8. The Bertz CT molecular complexity index is 1000. The van der Waals surface area contributed by atoms with Crippen molar-refractivity contribution in [2.24, 2.45) is 0 Å². The van der Waals surface area contributed by atoms with E-state index < -0.39 is 0 Å². The fourth-order valence-corrected chi connectivity index (χ4v) is 4.95. The standard InChI is InChI=1S/C24H28N6/c1-18-25-15-21-8-10-24(22(21)29-18)9-5-11-30(17-24)16-20-13-27-23(28-14-20)26-12-19-6-3-2-4-7-19/h2-4,6-7,13-15H,5,8-12,16-17H2,1H3,(H,26,27,28). The molecule has 0 saturated carbocycles. The second-order valence-electron chi connectivity index (χ2n) is 8.64. The Labute approximate surface area is 177 Å². The molecule has 1 N–H and O–H groups in total. The minimum Gasteiger partial charge on any atom is -0.350 e. The lowest BCUT2D eigenvalue weighted by molar-refractivity contribution is 0.136. The first kappa shape index (κ1) is 19.1. The van der Waals surface area contributed by atoms with E-state index in [-0.39, 0.29) is 5.41 Å². The predicted molar refractivity (Wildman–Crippen MR) is 117 cm³/mol. The third kappa shape index (κ3) is 3.92. The molecule has 1 spiro atoms. The highest BCUT2D eigenvalue weighted by molar-refractivity contribution is 5.34. The average molecular weight is 401 g/mol. The molecule has 1 atom stereocenters. The van der Waals surface area contributed by atoms with Crippen molar-refractivity contribution >= 4 is 5.95 Å². The molecule has 3 aromatic rings. The number of likely N-dealkylation sites (tertiary alicyclic amines) is 1. The Hall–Kier alpha value is -2.86. The molecule has 3 heterocycles. The Morgan fingerprint density at radius 3 is 2.67 bits per heavy atom. The zero-order valence-corrected chi connectivity index (χ0v) is 17.5. The number of aryl methyl sites for hydroxylation is 2. The number of piperidine rings is 1. The number of hydrogen-bond donors (Lipinski definition) is 1. The predicted octanol–water partition coefficient (Wildman–Crippen LogP) is 3.67. The topological polar surface area (TPSA) is 66.8 Å². The molecule has 6 nitrogen and oxygen atoms in total. The minimum atomic E-state index is 0.194. The van der Waals surface area contributed by atoms with Crippen LogP contribution in [-0.4, -0.2) is 37.9 Å². The van der Waals surface area contributed by atoms with Gasteiger partial charge in [-0.3, -0.25) is 4.90 Å². The van der Waals surface area contributed by atoms with E-state index in [9.17, 15) is 0 Å². The van der Waals surface area contributed by atoms with Crippen LogP contribution in [0.25, 0.3) is 0 Å². The summed E-state index contributed by atoms with van der Waals surface area (Å²) in [5, 5.41) is 3.30. The maximum atomic E-state index is 4.86. The second kappa shape index (κ2) is 8.11. The summed E-state index contributed by atoms with van der Waals surface area (Å²) in [5.74, 6) is 1.56. The van der Waals surface area contributed by atoms with Gasteiger partial charge in [-0.05, 0) is 50.3 Å². The van der Waals surface area contributed by atoms with Gasteiger partial charge in [-0.1, -0.05) is 30.3 Å². The number of hydrogen-bond acceptors (Lipinski definition) is 6. The van der Waals surface area contributed by atoms with E-state index in [1.165, 1.54) is 36.1 Å². The molecule has 1 unspecified atom stereocenters. The van der Waals surface area contributed by atoms with Gasteiger partial charge in [0.15, 0.2) is 0 Å². The van der Waals surface area contributed by atoms with Gasteiger partial charge in [-0.2, -0.15) is 0 Å². The van der Waals surface area contributed by atoms with Crippen LogP contribution in [0.1, 0.15) is 47.5 Å². The van der Waals surface area contributed by atoms with E-state index in [1.807, 2.05) is 43.7 Å². The number of rotatable bonds is 5. The third-order valence-corrected chi connectivity index (χ3v) is 6.42. The molecule has 0 bridgehead atoms. The van der Waals surface area contributed by atoms with Crippen LogP contribution in [0, 0.1) is 6.92 Å². The van der Waals surface area contributed by atoms with Crippen molar-refractivity contribution in [3.63, 3.8) is 0 Å². The van der Waals surface area contributed by atoms with Gasteiger partial charge >= 0.3 is 0 Å². The van der Waals surface area contributed by atoms with Gasteiger partial charge in [0.05, 0.1) is 5.69 Å². The van der Waals surface area contributed by atoms with Gasteiger partial charge in [-0.15, -0.1) is 0 Å². The van der Waals surface area contributed by atoms with Gasteiger partial charge < -0.3 is 5.32 Å². The fourth-order valence-electron chi connectivity index (χ4n) is 4.95. The van der Waals surface area contributed by atoms with Crippen molar-refractivity contribution in [3.8, 4) is 0 Å². The number of benzene rings is 1. The van der Waals surface area contributed by atoms with Gasteiger partial charge in [0.25, 0.3) is 0 Å². The molecule has 6 heteroatoms. The second-order valence-corrected chi connectivity index (χ2v) is 8.64. The zero-order valence-electron chi connectivity index (χ0n) is 17.5. The molecule has 1 aliphatic heterocycles. The van der Waals surface area contributed by atoms with Crippen LogP contribution in [0.5, 0.6) is 0 Å². The highest BCUT2D eigenvalue weighted by Gasteiger charge is 2.43. The van der Waals surface area contributed by atoms with Crippen molar-refractivity contribution < 1.29 is 0 Å². The molecule has 1 aliphatic carbocycles. The van der Waals surface area contributed by atoms with E-state index in [1.54, 1.807) is 0 Å². The van der Waals surface area contributed by atoms with E-state index in [0.717, 1.165) is 44.0 Å². The van der Waals surface area contributed by atoms with Gasteiger partial charge in [-0.25, -0.2) is 19.9 Å². The number of nitrogens with one attached hydrogen (secondary N) is 1. The Morgan fingerprint density at radius 1 is 1.00 bits per heavy atom. The highest BCUT2D eigenvalue weighted by atomic mass is 15.2. The van der Waals surface area contributed by atoms with Gasteiger partial charge in [0, 0.05) is 49.2 Å². The molecule has 154 valence electrons. The van der Waals surface area contributed by atoms with Crippen LogP contribution in [0.3, 0.4) is 0 Å². The lowest BCUT2D eigenvalue weighted by atomic mass is 9.77. The molecule has 1 saturated heterocycles. The first-order chi connectivity index (χ1) is 14.7. The van der Waals surface area contributed by atoms with Crippen molar-refractivity contribution in [3.05, 3.63) is 77.1 Å². The van der Waals surface area contributed by atoms with E-state index in [4.69, 9.17) is 4.98 Å². The Morgan fingerprint density at radius 2 is 1.83 bits per heavy atom. The van der Waals surface area contributed by atoms with E-state index >= 15 is 0 Å². The number of nitrogens with zero attached hydrogens (tertiary/aromatic N) is 5. The fraction of sp³-hybridized carbons (Fsp3) is 0.417. The summed E-state index contributed by atoms with van der Waals surface area (Å²) in [7, 11) is 0. The van der Waals surface area contributed by atoms with Gasteiger partial charge in [0.1, 0.15) is 5.82 Å². The first-order valence-electron chi connectivity index (χ1n) is 10.8. The number of anilines is 1. The van der Waals surface area contributed by atoms with Crippen molar-refractivity contribution in [1.29, 1.82) is 0 Å². The molecule has 2 aromatic heterocycles. The van der Waals surface area contributed by atoms with Crippen molar-refractivity contribution in [2.45, 2.75) is 51.1 Å². The normalized spacial score (nSPS) is 21.0. The maximum Gasteiger partial charge on any atom is 0.222 e. The molecule has 5 rings (SSSR count). The summed E-state index contributed by atoms with van der Waals surface area (Å²) >= 11 is 0. The van der Waals surface area contributed by atoms with Crippen molar-refractivity contribution in [2.75, 3.05) is 18.4 Å². The van der Waals surface area contributed by atoms with Crippen LogP contribution < -0.4 is 5.32 Å². The van der Waals surface area contributed by atoms with Crippen LogP contribution in [0.15, 0.2) is 48.9 Å². The largest absolute Gasteiger partial charge is 0.350 e. The molecular formula is C24H28N6. The molecule has 1 aromatic carbocycles. The summed E-state index contributed by atoms with van der Waals surface area (Å²) in [5.41, 5.74) is 5.23. The highest BCUT2D eigenvalue weighted by Crippen LogP contribution is 2.44. The molecule has 0 radical (unpaired) electrons. The average Bonchev–Trinajstić information content (AvgIpc) is 3.11. The van der Waals surface area contributed by atoms with Crippen LogP contribution in [0.4, 0.5) is 5.95 Å². The van der Waals surface area contributed by atoms with Crippen LogP contribution in [-0.2, 0) is 24.9 Å².